The number of aliphatic hydroxyl groups is 1. The summed E-state index contributed by atoms with van der Waals surface area (Å²) in [5.74, 6) is 0. The van der Waals surface area contributed by atoms with E-state index in [0.29, 0.717) is 6.42 Å². The van der Waals surface area contributed by atoms with E-state index in [2.05, 4.69) is 23.4 Å². The molecule has 1 N–H and O–H groups in total. The van der Waals surface area contributed by atoms with Crippen LogP contribution < -0.4 is 4.90 Å². The van der Waals surface area contributed by atoms with E-state index in [4.69, 9.17) is 0 Å². The Morgan fingerprint density at radius 2 is 2.24 bits per heavy atom. The lowest BCUT2D eigenvalue weighted by Crippen LogP contribution is -2.24. The number of anilines is 1. The minimum absolute atomic E-state index is 0.455. The molecule has 17 heavy (non-hydrogen) atoms. The number of aliphatic hydroxyl groups excluding tert-OH is 1. The van der Waals surface area contributed by atoms with E-state index in [1.165, 1.54) is 0 Å². The van der Waals surface area contributed by atoms with Gasteiger partial charge in [-0.05, 0) is 25.0 Å². The van der Waals surface area contributed by atoms with Crippen molar-refractivity contribution in [1.82, 2.24) is 4.98 Å². The van der Waals surface area contributed by atoms with Gasteiger partial charge in [0.1, 0.15) is 0 Å². The van der Waals surface area contributed by atoms with Crippen molar-refractivity contribution in [3.63, 3.8) is 0 Å². The number of hydrogen-bond donors (Lipinski definition) is 1. The van der Waals surface area contributed by atoms with E-state index in [0.717, 1.165) is 30.9 Å². The van der Waals surface area contributed by atoms with Crippen LogP contribution in [0.4, 0.5) is 5.69 Å². The normalized spacial score (nSPS) is 12.2. The quantitative estimate of drug-likeness (QED) is 0.737. The zero-order valence-corrected chi connectivity index (χ0v) is 10.8. The first-order valence-corrected chi connectivity index (χ1v) is 6.22. The standard InChI is InChI=1S/C14H22N2O/c1-4-9-16(10-5-2)12-7-8-13(15-11-12)14(17)6-3/h4,7-8,11,14,17H,1,5-6,9-10H2,2-3H3/t14-/m1/s1. The van der Waals surface area contributed by atoms with Crippen molar-refractivity contribution in [2.45, 2.75) is 32.8 Å². The number of nitrogens with zero attached hydrogens (tertiary/aromatic N) is 2. The SMILES string of the molecule is C=CCN(CCC)c1ccc([C@H](O)CC)nc1. The Morgan fingerprint density at radius 3 is 2.71 bits per heavy atom. The van der Waals surface area contributed by atoms with Crippen LogP contribution in [0, 0.1) is 0 Å². The Kier molecular flexibility index (Phi) is 5.70. The van der Waals surface area contributed by atoms with Gasteiger partial charge in [0.05, 0.1) is 23.7 Å². The van der Waals surface area contributed by atoms with Crippen LogP contribution in [-0.4, -0.2) is 23.2 Å². The first-order chi connectivity index (χ1) is 8.22. The van der Waals surface area contributed by atoms with Crippen LogP contribution in [0.3, 0.4) is 0 Å². The topological polar surface area (TPSA) is 36.4 Å². The summed E-state index contributed by atoms with van der Waals surface area (Å²) in [6.07, 6.45) is 5.05. The first-order valence-electron chi connectivity index (χ1n) is 6.22. The number of rotatable bonds is 7. The van der Waals surface area contributed by atoms with Crippen molar-refractivity contribution in [3.05, 3.63) is 36.7 Å². The Labute approximate surface area is 104 Å². The summed E-state index contributed by atoms with van der Waals surface area (Å²) in [5, 5.41) is 9.67. The smallest absolute Gasteiger partial charge is 0.0957 e. The molecule has 0 aromatic carbocycles. The molecule has 3 nitrogen and oxygen atoms in total. The summed E-state index contributed by atoms with van der Waals surface area (Å²) in [6.45, 7) is 9.68. The molecule has 0 saturated carbocycles. The maximum Gasteiger partial charge on any atom is 0.0957 e. The van der Waals surface area contributed by atoms with Crippen molar-refractivity contribution >= 4 is 5.69 Å². The Balaban J connectivity index is 2.79. The maximum atomic E-state index is 9.67. The van der Waals surface area contributed by atoms with Crippen LogP contribution in [-0.2, 0) is 0 Å². The third-order valence-electron chi connectivity index (χ3n) is 2.71. The third kappa shape index (κ3) is 3.86. The van der Waals surface area contributed by atoms with Gasteiger partial charge in [-0.15, -0.1) is 6.58 Å². The predicted molar refractivity (Wildman–Crippen MR) is 72.2 cm³/mol. The van der Waals surface area contributed by atoms with Crippen molar-refractivity contribution in [2.24, 2.45) is 0 Å². The van der Waals surface area contributed by atoms with Crippen LogP contribution >= 0.6 is 0 Å². The van der Waals surface area contributed by atoms with E-state index in [1.54, 1.807) is 0 Å². The molecule has 0 spiro atoms. The summed E-state index contributed by atoms with van der Waals surface area (Å²) in [7, 11) is 0. The first kappa shape index (κ1) is 13.7. The van der Waals surface area contributed by atoms with Gasteiger partial charge in [0.25, 0.3) is 0 Å². The maximum absolute atomic E-state index is 9.67. The van der Waals surface area contributed by atoms with Crippen molar-refractivity contribution < 1.29 is 5.11 Å². The Bertz CT molecular complexity index is 335. The molecule has 0 saturated heterocycles. The summed E-state index contributed by atoms with van der Waals surface area (Å²) in [4.78, 5) is 6.53. The van der Waals surface area contributed by atoms with Crippen LogP contribution in [0.25, 0.3) is 0 Å². The molecule has 0 amide bonds. The van der Waals surface area contributed by atoms with Gasteiger partial charge in [-0.3, -0.25) is 4.98 Å². The minimum Gasteiger partial charge on any atom is -0.387 e. The average Bonchev–Trinajstić information content (AvgIpc) is 2.38. The lowest BCUT2D eigenvalue weighted by Gasteiger charge is -2.22. The third-order valence-corrected chi connectivity index (χ3v) is 2.71. The minimum atomic E-state index is -0.455. The molecule has 1 heterocycles. The lowest BCUT2D eigenvalue weighted by molar-refractivity contribution is 0.169. The predicted octanol–water partition coefficient (Wildman–Crippen LogP) is 2.93. The molecule has 0 aliphatic carbocycles. The van der Waals surface area contributed by atoms with Crippen LogP contribution in [0.5, 0.6) is 0 Å². The summed E-state index contributed by atoms with van der Waals surface area (Å²) >= 11 is 0. The number of hydrogen-bond acceptors (Lipinski definition) is 3. The molecule has 1 rings (SSSR count). The molecular weight excluding hydrogens is 212 g/mol. The van der Waals surface area contributed by atoms with E-state index in [9.17, 15) is 5.11 Å². The molecule has 0 unspecified atom stereocenters. The summed E-state index contributed by atoms with van der Waals surface area (Å²) in [6, 6.07) is 3.91. The zero-order chi connectivity index (χ0) is 12.7. The van der Waals surface area contributed by atoms with Gasteiger partial charge in [-0.25, -0.2) is 0 Å². The van der Waals surface area contributed by atoms with Gasteiger partial charge < -0.3 is 10.0 Å². The van der Waals surface area contributed by atoms with Gasteiger partial charge in [-0.2, -0.15) is 0 Å². The second-order valence-electron chi connectivity index (χ2n) is 4.10. The fourth-order valence-electron chi connectivity index (χ4n) is 1.74. The van der Waals surface area contributed by atoms with Gasteiger partial charge in [0.15, 0.2) is 0 Å². The second-order valence-corrected chi connectivity index (χ2v) is 4.10. The molecule has 1 aromatic rings. The van der Waals surface area contributed by atoms with E-state index in [1.807, 2.05) is 31.3 Å². The molecule has 0 bridgehead atoms. The number of pyridine rings is 1. The van der Waals surface area contributed by atoms with Gasteiger partial charge in [0.2, 0.25) is 0 Å². The highest BCUT2D eigenvalue weighted by Crippen LogP contribution is 2.18. The Hall–Kier alpha value is -1.35. The van der Waals surface area contributed by atoms with Crippen molar-refractivity contribution in [2.75, 3.05) is 18.0 Å². The molecule has 1 aromatic heterocycles. The van der Waals surface area contributed by atoms with Crippen LogP contribution in [0.1, 0.15) is 38.5 Å². The van der Waals surface area contributed by atoms with Gasteiger partial charge >= 0.3 is 0 Å². The summed E-state index contributed by atoms with van der Waals surface area (Å²) < 4.78 is 0. The monoisotopic (exact) mass is 234 g/mol. The molecule has 1 atom stereocenters. The van der Waals surface area contributed by atoms with Crippen LogP contribution in [0.15, 0.2) is 31.0 Å². The van der Waals surface area contributed by atoms with Crippen LogP contribution in [0.2, 0.25) is 0 Å². The van der Waals surface area contributed by atoms with E-state index >= 15 is 0 Å². The van der Waals surface area contributed by atoms with E-state index in [-0.39, 0.29) is 0 Å². The second kappa shape index (κ2) is 7.07. The molecule has 0 aliphatic rings. The molecule has 0 aliphatic heterocycles. The highest BCUT2D eigenvalue weighted by Gasteiger charge is 2.08. The van der Waals surface area contributed by atoms with Crippen molar-refractivity contribution in [1.29, 1.82) is 0 Å². The van der Waals surface area contributed by atoms with Gasteiger partial charge in [0, 0.05) is 13.1 Å². The Morgan fingerprint density at radius 1 is 1.47 bits per heavy atom. The largest absolute Gasteiger partial charge is 0.387 e. The molecular formula is C14H22N2O. The molecule has 94 valence electrons. The highest BCUT2D eigenvalue weighted by atomic mass is 16.3. The lowest BCUT2D eigenvalue weighted by atomic mass is 10.2. The molecule has 3 heteroatoms. The van der Waals surface area contributed by atoms with Crippen molar-refractivity contribution in [3.8, 4) is 0 Å². The molecule has 0 fully saturated rings. The number of aromatic nitrogens is 1. The summed E-state index contributed by atoms with van der Waals surface area (Å²) in [5.41, 5.74) is 1.82. The van der Waals surface area contributed by atoms with Gasteiger partial charge in [-0.1, -0.05) is 19.9 Å². The zero-order valence-electron chi connectivity index (χ0n) is 10.8. The highest BCUT2D eigenvalue weighted by molar-refractivity contribution is 5.45. The average molecular weight is 234 g/mol. The van der Waals surface area contributed by atoms with E-state index < -0.39 is 6.10 Å². The fraction of sp³-hybridized carbons (Fsp3) is 0.500. The molecule has 0 radical (unpaired) electrons. The fourth-order valence-corrected chi connectivity index (χ4v) is 1.74.